The standard InChI is InChI=1S/C9H11ClN2O/c1-2-7(11)8-4-3-6(10)9(5-13)12-8/h2-4,7,13H,1,5,11H2. The molecule has 0 aliphatic rings. The van der Waals surface area contributed by atoms with Gasteiger partial charge in [0.1, 0.15) is 0 Å². The van der Waals surface area contributed by atoms with Crippen molar-refractivity contribution in [2.24, 2.45) is 5.73 Å². The van der Waals surface area contributed by atoms with E-state index in [0.29, 0.717) is 16.4 Å². The molecule has 0 aromatic carbocycles. The van der Waals surface area contributed by atoms with Gasteiger partial charge in [0, 0.05) is 0 Å². The Balaban J connectivity index is 3.05. The molecule has 0 amide bonds. The first-order valence-electron chi connectivity index (χ1n) is 3.83. The SMILES string of the molecule is C=CC(N)c1ccc(Cl)c(CO)n1. The van der Waals surface area contributed by atoms with Crippen molar-refractivity contribution in [3.05, 3.63) is 41.2 Å². The number of hydrogen-bond donors (Lipinski definition) is 2. The highest BCUT2D eigenvalue weighted by molar-refractivity contribution is 6.31. The van der Waals surface area contributed by atoms with Gasteiger partial charge in [-0.3, -0.25) is 4.98 Å². The molecule has 0 radical (unpaired) electrons. The van der Waals surface area contributed by atoms with Gasteiger partial charge < -0.3 is 10.8 Å². The van der Waals surface area contributed by atoms with Crippen LogP contribution in [-0.2, 0) is 6.61 Å². The first-order valence-corrected chi connectivity index (χ1v) is 4.21. The van der Waals surface area contributed by atoms with E-state index in [9.17, 15) is 0 Å². The average molecular weight is 199 g/mol. The second kappa shape index (κ2) is 4.37. The van der Waals surface area contributed by atoms with Crippen LogP contribution >= 0.6 is 11.6 Å². The fraction of sp³-hybridized carbons (Fsp3) is 0.222. The minimum Gasteiger partial charge on any atom is -0.390 e. The van der Waals surface area contributed by atoms with Crippen LogP contribution in [0, 0.1) is 0 Å². The van der Waals surface area contributed by atoms with Gasteiger partial charge in [0.05, 0.1) is 29.1 Å². The lowest BCUT2D eigenvalue weighted by atomic mass is 10.2. The normalized spacial score (nSPS) is 12.5. The van der Waals surface area contributed by atoms with Crippen molar-refractivity contribution >= 4 is 11.6 Å². The molecule has 1 rings (SSSR count). The van der Waals surface area contributed by atoms with Crippen molar-refractivity contribution in [1.29, 1.82) is 0 Å². The van der Waals surface area contributed by atoms with Crippen LogP contribution < -0.4 is 5.73 Å². The van der Waals surface area contributed by atoms with E-state index in [2.05, 4.69) is 11.6 Å². The second-order valence-electron chi connectivity index (χ2n) is 2.58. The third-order valence-corrected chi connectivity index (χ3v) is 2.03. The van der Waals surface area contributed by atoms with E-state index in [1.165, 1.54) is 0 Å². The summed E-state index contributed by atoms with van der Waals surface area (Å²) >= 11 is 5.76. The van der Waals surface area contributed by atoms with Gasteiger partial charge in [0.25, 0.3) is 0 Å². The minimum atomic E-state index is -0.317. The van der Waals surface area contributed by atoms with E-state index < -0.39 is 0 Å². The van der Waals surface area contributed by atoms with Gasteiger partial charge in [-0.25, -0.2) is 0 Å². The van der Waals surface area contributed by atoms with E-state index in [1.54, 1.807) is 18.2 Å². The highest BCUT2D eigenvalue weighted by atomic mass is 35.5. The highest BCUT2D eigenvalue weighted by Gasteiger charge is 2.06. The highest BCUT2D eigenvalue weighted by Crippen LogP contribution is 2.17. The zero-order chi connectivity index (χ0) is 9.84. The van der Waals surface area contributed by atoms with E-state index in [-0.39, 0.29) is 12.6 Å². The lowest BCUT2D eigenvalue weighted by molar-refractivity contribution is 0.276. The van der Waals surface area contributed by atoms with Crippen LogP contribution in [0.4, 0.5) is 0 Å². The first kappa shape index (κ1) is 10.2. The molecule has 13 heavy (non-hydrogen) atoms. The van der Waals surface area contributed by atoms with Gasteiger partial charge in [-0.2, -0.15) is 0 Å². The number of halogens is 1. The maximum absolute atomic E-state index is 8.88. The van der Waals surface area contributed by atoms with Crippen molar-refractivity contribution in [3.63, 3.8) is 0 Å². The van der Waals surface area contributed by atoms with Crippen molar-refractivity contribution in [1.82, 2.24) is 4.98 Å². The fourth-order valence-corrected chi connectivity index (χ4v) is 1.08. The van der Waals surface area contributed by atoms with Crippen LogP contribution in [0.15, 0.2) is 24.8 Å². The van der Waals surface area contributed by atoms with Crippen molar-refractivity contribution in [2.45, 2.75) is 12.6 Å². The Bertz CT molecular complexity index is 314. The van der Waals surface area contributed by atoms with Crippen LogP contribution in [0.2, 0.25) is 5.02 Å². The topological polar surface area (TPSA) is 59.1 Å². The Morgan fingerprint density at radius 2 is 2.38 bits per heavy atom. The quantitative estimate of drug-likeness (QED) is 0.723. The molecule has 0 bridgehead atoms. The summed E-state index contributed by atoms with van der Waals surface area (Å²) in [6.45, 7) is 3.37. The Morgan fingerprint density at radius 1 is 1.69 bits per heavy atom. The molecule has 1 aromatic heterocycles. The molecule has 0 spiro atoms. The minimum absolute atomic E-state index is 0.184. The van der Waals surface area contributed by atoms with Crippen LogP contribution in [0.3, 0.4) is 0 Å². The summed E-state index contributed by atoms with van der Waals surface area (Å²) in [6.07, 6.45) is 1.58. The van der Waals surface area contributed by atoms with Gasteiger partial charge in [0.15, 0.2) is 0 Å². The van der Waals surface area contributed by atoms with Crippen LogP contribution in [0.5, 0.6) is 0 Å². The Hall–Kier alpha value is -0.900. The van der Waals surface area contributed by atoms with Gasteiger partial charge in [-0.1, -0.05) is 17.7 Å². The lowest BCUT2D eigenvalue weighted by Gasteiger charge is -2.07. The molecule has 0 fully saturated rings. The van der Waals surface area contributed by atoms with Crippen molar-refractivity contribution < 1.29 is 5.11 Å². The molecular formula is C9H11ClN2O. The number of hydrogen-bond acceptors (Lipinski definition) is 3. The molecule has 3 nitrogen and oxygen atoms in total. The molecule has 1 unspecified atom stereocenters. The molecule has 1 heterocycles. The summed E-state index contributed by atoms with van der Waals surface area (Å²) in [7, 11) is 0. The number of aromatic nitrogens is 1. The Kier molecular flexibility index (Phi) is 3.42. The number of rotatable bonds is 3. The summed E-state index contributed by atoms with van der Waals surface area (Å²) in [6, 6.07) is 3.06. The summed E-state index contributed by atoms with van der Waals surface area (Å²) in [5.41, 5.74) is 6.76. The summed E-state index contributed by atoms with van der Waals surface area (Å²) < 4.78 is 0. The van der Waals surface area contributed by atoms with Crippen molar-refractivity contribution in [2.75, 3.05) is 0 Å². The number of aliphatic hydroxyl groups is 1. The molecule has 1 aromatic rings. The smallest absolute Gasteiger partial charge is 0.0868 e. The predicted molar refractivity (Wildman–Crippen MR) is 52.3 cm³/mol. The van der Waals surface area contributed by atoms with Crippen molar-refractivity contribution in [3.8, 4) is 0 Å². The third-order valence-electron chi connectivity index (χ3n) is 1.69. The molecule has 1 atom stereocenters. The summed E-state index contributed by atoms with van der Waals surface area (Å²) in [5, 5.41) is 9.33. The maximum atomic E-state index is 8.88. The van der Waals surface area contributed by atoms with Gasteiger partial charge in [-0.15, -0.1) is 6.58 Å². The largest absolute Gasteiger partial charge is 0.390 e. The van der Waals surface area contributed by atoms with Crippen LogP contribution in [0.25, 0.3) is 0 Å². The number of aliphatic hydroxyl groups excluding tert-OH is 1. The van der Waals surface area contributed by atoms with E-state index in [1.807, 2.05) is 0 Å². The molecule has 4 heteroatoms. The molecule has 0 saturated heterocycles. The summed E-state index contributed by atoms with van der Waals surface area (Å²) in [5.74, 6) is 0. The molecule has 70 valence electrons. The van der Waals surface area contributed by atoms with Gasteiger partial charge >= 0.3 is 0 Å². The average Bonchev–Trinajstić information content (AvgIpc) is 2.17. The molecule has 0 aliphatic heterocycles. The third kappa shape index (κ3) is 2.28. The zero-order valence-electron chi connectivity index (χ0n) is 7.07. The Labute approximate surface area is 81.9 Å². The monoisotopic (exact) mass is 198 g/mol. The van der Waals surface area contributed by atoms with Gasteiger partial charge in [0.2, 0.25) is 0 Å². The zero-order valence-corrected chi connectivity index (χ0v) is 7.83. The molecule has 3 N–H and O–H groups in total. The summed E-state index contributed by atoms with van der Waals surface area (Å²) in [4.78, 5) is 4.08. The number of nitrogens with two attached hydrogens (primary N) is 1. The predicted octanol–water partition coefficient (Wildman–Crippen LogP) is 1.41. The fourth-order valence-electron chi connectivity index (χ4n) is 0.919. The lowest BCUT2D eigenvalue weighted by Crippen LogP contribution is -2.09. The number of nitrogens with zero attached hydrogens (tertiary/aromatic N) is 1. The maximum Gasteiger partial charge on any atom is 0.0868 e. The van der Waals surface area contributed by atoms with Crippen LogP contribution in [-0.4, -0.2) is 10.1 Å². The van der Waals surface area contributed by atoms with E-state index in [0.717, 1.165) is 0 Å². The van der Waals surface area contributed by atoms with E-state index >= 15 is 0 Å². The molecular weight excluding hydrogens is 188 g/mol. The number of pyridine rings is 1. The molecule has 0 aliphatic carbocycles. The van der Waals surface area contributed by atoms with Crippen LogP contribution in [0.1, 0.15) is 17.4 Å². The first-order chi connectivity index (χ1) is 6.19. The Morgan fingerprint density at radius 3 is 2.92 bits per heavy atom. The van der Waals surface area contributed by atoms with Gasteiger partial charge in [-0.05, 0) is 12.1 Å². The van der Waals surface area contributed by atoms with E-state index in [4.69, 9.17) is 22.4 Å². The molecule has 0 saturated carbocycles. The second-order valence-corrected chi connectivity index (χ2v) is 2.99.